The molecule has 4 heteroatoms. The van der Waals surface area contributed by atoms with Gasteiger partial charge in [0.05, 0.1) is 6.10 Å². The Hall–Kier alpha value is -5.45. The number of benzene rings is 6. The predicted octanol–water partition coefficient (Wildman–Crippen LogP) is 10.8. The summed E-state index contributed by atoms with van der Waals surface area (Å²) in [5, 5.41) is 15.9. The molecule has 1 unspecified atom stereocenters. The first-order chi connectivity index (χ1) is 23.9. The third kappa shape index (κ3) is 5.94. The maximum Gasteiger partial charge on any atom is 0.193 e. The third-order valence-corrected chi connectivity index (χ3v) is 9.91. The van der Waals surface area contributed by atoms with E-state index in [-0.39, 0.29) is 5.78 Å². The highest BCUT2D eigenvalue weighted by molar-refractivity contribution is 6.15. The summed E-state index contributed by atoms with van der Waals surface area (Å²) >= 11 is 0. The average Bonchev–Trinajstić information content (AvgIpc) is 3.64. The second-order valence-corrected chi connectivity index (χ2v) is 12.8. The van der Waals surface area contributed by atoms with Gasteiger partial charge in [0, 0.05) is 74.2 Å². The molecule has 0 amide bonds. The number of aliphatic hydroxyl groups is 1. The van der Waals surface area contributed by atoms with E-state index in [2.05, 4.69) is 103 Å². The van der Waals surface area contributed by atoms with Crippen molar-refractivity contribution in [3.8, 4) is 0 Å². The van der Waals surface area contributed by atoms with Crippen molar-refractivity contribution < 1.29 is 9.90 Å². The van der Waals surface area contributed by atoms with Crippen LogP contribution in [0.25, 0.3) is 43.6 Å². The van der Waals surface area contributed by atoms with Crippen molar-refractivity contribution in [1.82, 2.24) is 9.13 Å². The molecule has 0 aliphatic heterocycles. The van der Waals surface area contributed by atoms with Crippen LogP contribution >= 0.6 is 0 Å². The third-order valence-electron chi connectivity index (χ3n) is 9.91. The molecule has 8 rings (SSSR count). The summed E-state index contributed by atoms with van der Waals surface area (Å²) in [6.45, 7) is 10.2. The number of aliphatic hydroxyl groups excluding tert-OH is 1. The molecule has 49 heavy (non-hydrogen) atoms. The van der Waals surface area contributed by atoms with E-state index in [9.17, 15) is 9.90 Å². The summed E-state index contributed by atoms with van der Waals surface area (Å²) in [7, 11) is 0. The number of nitrogens with zero attached hydrogens (tertiary/aromatic N) is 2. The predicted molar refractivity (Wildman–Crippen MR) is 205 cm³/mol. The summed E-state index contributed by atoms with van der Waals surface area (Å²) in [5.74, 6) is 0.0353. The minimum Gasteiger partial charge on any atom is -0.388 e. The topological polar surface area (TPSA) is 47.2 Å². The number of fused-ring (bicyclic) bond motifs is 6. The van der Waals surface area contributed by atoms with Gasteiger partial charge in [-0.3, -0.25) is 4.79 Å². The monoisotopic (exact) mass is 642 g/mol. The van der Waals surface area contributed by atoms with Gasteiger partial charge in [-0.2, -0.15) is 0 Å². The highest BCUT2D eigenvalue weighted by Gasteiger charge is 2.18. The zero-order valence-electron chi connectivity index (χ0n) is 28.7. The van der Waals surface area contributed by atoms with Crippen molar-refractivity contribution >= 4 is 49.4 Å². The van der Waals surface area contributed by atoms with E-state index in [1.54, 1.807) is 0 Å². The Morgan fingerprint density at radius 1 is 0.571 bits per heavy atom. The van der Waals surface area contributed by atoms with Crippen LogP contribution in [0.4, 0.5) is 0 Å². The number of para-hydroxylation sites is 2. The van der Waals surface area contributed by atoms with E-state index in [0.29, 0.717) is 12.0 Å². The number of rotatable bonds is 7. The Kier molecular flexibility index (Phi) is 8.90. The van der Waals surface area contributed by atoms with Crippen LogP contribution in [-0.2, 0) is 19.5 Å². The maximum atomic E-state index is 13.3. The van der Waals surface area contributed by atoms with Gasteiger partial charge in [-0.05, 0) is 92.4 Å². The van der Waals surface area contributed by atoms with Gasteiger partial charge in [-0.15, -0.1) is 0 Å². The Morgan fingerprint density at radius 3 is 1.69 bits per heavy atom. The van der Waals surface area contributed by atoms with E-state index in [1.807, 2.05) is 67.6 Å². The molecule has 0 aliphatic rings. The van der Waals surface area contributed by atoms with E-state index < -0.39 is 6.10 Å². The van der Waals surface area contributed by atoms with Crippen molar-refractivity contribution in [3.05, 3.63) is 167 Å². The lowest BCUT2D eigenvalue weighted by molar-refractivity contribution is 0.103. The normalized spacial score (nSPS) is 12.0. The first kappa shape index (κ1) is 32.1. The maximum absolute atomic E-state index is 13.3. The summed E-state index contributed by atoms with van der Waals surface area (Å²) in [6, 6.07) is 45.3. The van der Waals surface area contributed by atoms with Crippen LogP contribution in [0.1, 0.15) is 58.1 Å². The minimum absolute atomic E-state index is 0.0353. The molecule has 0 saturated heterocycles. The molecule has 0 bridgehead atoms. The Morgan fingerprint density at radius 2 is 1.08 bits per heavy atom. The Labute approximate surface area is 287 Å². The van der Waals surface area contributed by atoms with Crippen LogP contribution in [0.2, 0.25) is 0 Å². The minimum atomic E-state index is -0.595. The number of hydrogen-bond donors (Lipinski definition) is 1. The lowest BCUT2D eigenvalue weighted by Gasteiger charge is -2.13. The zero-order valence-corrected chi connectivity index (χ0v) is 28.7. The number of ketones is 1. The van der Waals surface area contributed by atoms with Crippen molar-refractivity contribution in [2.45, 2.75) is 53.3 Å². The number of aryl methyl sites for hydroxylation is 4. The molecular weight excluding hydrogens is 601 g/mol. The van der Waals surface area contributed by atoms with Gasteiger partial charge >= 0.3 is 0 Å². The highest BCUT2D eigenvalue weighted by Crippen LogP contribution is 2.34. The van der Waals surface area contributed by atoms with Crippen LogP contribution < -0.4 is 0 Å². The molecule has 6 aromatic carbocycles. The van der Waals surface area contributed by atoms with Crippen molar-refractivity contribution in [2.24, 2.45) is 0 Å². The molecule has 0 aliphatic carbocycles. The first-order valence-electron chi connectivity index (χ1n) is 17.2. The van der Waals surface area contributed by atoms with Crippen molar-refractivity contribution in [1.29, 1.82) is 0 Å². The Balaban J connectivity index is 0.000000209. The van der Waals surface area contributed by atoms with Crippen LogP contribution in [0, 0.1) is 13.8 Å². The van der Waals surface area contributed by atoms with Crippen LogP contribution in [0.3, 0.4) is 0 Å². The molecule has 2 heterocycles. The van der Waals surface area contributed by atoms with Gasteiger partial charge in [-0.25, -0.2) is 0 Å². The first-order valence-corrected chi connectivity index (χ1v) is 17.2. The quantitative estimate of drug-likeness (QED) is 0.176. The number of aromatic nitrogens is 2. The molecule has 8 aromatic rings. The summed E-state index contributed by atoms with van der Waals surface area (Å²) in [5.41, 5.74) is 10.5. The fourth-order valence-corrected chi connectivity index (χ4v) is 7.30. The smallest absolute Gasteiger partial charge is 0.193 e. The molecule has 0 saturated carbocycles. The largest absolute Gasteiger partial charge is 0.388 e. The van der Waals surface area contributed by atoms with Crippen LogP contribution in [0.15, 0.2) is 133 Å². The lowest BCUT2D eigenvalue weighted by Crippen LogP contribution is -2.03. The number of carbonyl (C=O) groups excluding carboxylic acids is 1. The fourth-order valence-electron chi connectivity index (χ4n) is 7.30. The SMILES string of the molecule is CCn1c2ccc(C(=O)c3ccccc3C)cc2c2cc(C(O)Cc3ccccc3C)ccc21.CCn1c2ccccc2c2ccccc21. The van der Waals surface area contributed by atoms with Crippen molar-refractivity contribution in [2.75, 3.05) is 0 Å². The molecular formula is C45H42N2O2. The second kappa shape index (κ2) is 13.6. The standard InChI is InChI=1S/C31H29NO2.C14H13N/c1-4-32-28-15-13-23(30(33)19-22-11-7-5-9-20(22)2)17-26(28)27-18-24(14-16-29(27)32)31(34)25-12-8-6-10-21(25)3;1-2-15-13-9-5-3-7-11(13)12-8-4-6-10-14(12)15/h5-18,30,33H,4,19H2,1-3H3;3-10H,2H2,1H3. The lowest BCUT2D eigenvalue weighted by atomic mass is 9.96. The summed E-state index contributed by atoms with van der Waals surface area (Å²) in [6.07, 6.45) is -0.0240. The Bertz CT molecular complexity index is 2410. The van der Waals surface area contributed by atoms with Gasteiger partial charge in [0.2, 0.25) is 0 Å². The zero-order chi connectivity index (χ0) is 34.1. The van der Waals surface area contributed by atoms with Gasteiger partial charge in [-0.1, -0.05) is 91.0 Å². The van der Waals surface area contributed by atoms with Crippen LogP contribution in [-0.4, -0.2) is 20.0 Å². The summed E-state index contributed by atoms with van der Waals surface area (Å²) in [4.78, 5) is 13.3. The molecule has 0 radical (unpaired) electrons. The molecule has 244 valence electrons. The number of carbonyl (C=O) groups is 1. The molecule has 1 N–H and O–H groups in total. The van der Waals surface area contributed by atoms with E-state index in [4.69, 9.17) is 0 Å². The number of hydrogen-bond acceptors (Lipinski definition) is 2. The highest BCUT2D eigenvalue weighted by atomic mass is 16.3. The fraction of sp³-hybridized carbons (Fsp3) is 0.178. The second-order valence-electron chi connectivity index (χ2n) is 12.8. The molecule has 0 spiro atoms. The van der Waals surface area contributed by atoms with Gasteiger partial charge in [0.1, 0.15) is 0 Å². The van der Waals surface area contributed by atoms with E-state index in [1.165, 1.54) is 27.4 Å². The van der Waals surface area contributed by atoms with Crippen LogP contribution in [0.5, 0.6) is 0 Å². The van der Waals surface area contributed by atoms with Gasteiger partial charge in [0.15, 0.2) is 5.78 Å². The van der Waals surface area contributed by atoms with Gasteiger partial charge < -0.3 is 14.2 Å². The van der Waals surface area contributed by atoms with E-state index >= 15 is 0 Å². The van der Waals surface area contributed by atoms with Crippen molar-refractivity contribution in [3.63, 3.8) is 0 Å². The summed E-state index contributed by atoms with van der Waals surface area (Å²) < 4.78 is 4.63. The molecule has 1 atom stereocenters. The van der Waals surface area contributed by atoms with Gasteiger partial charge in [0.25, 0.3) is 0 Å². The molecule has 0 fully saturated rings. The average molecular weight is 643 g/mol. The molecule has 2 aromatic heterocycles. The van der Waals surface area contributed by atoms with E-state index in [0.717, 1.165) is 57.1 Å². The molecule has 4 nitrogen and oxygen atoms in total.